The number of nitrogens with zero attached hydrogens (tertiary/aromatic N) is 1. The van der Waals surface area contributed by atoms with E-state index < -0.39 is 0 Å². The SMILES string of the molecule is CN=C(N)Nc1ccc(OC(C)C)cc1.I. The van der Waals surface area contributed by atoms with Gasteiger partial charge in [0.1, 0.15) is 5.75 Å². The monoisotopic (exact) mass is 335 g/mol. The number of rotatable bonds is 3. The zero-order valence-corrected chi connectivity index (χ0v) is 12.1. The van der Waals surface area contributed by atoms with E-state index in [1.165, 1.54) is 0 Å². The summed E-state index contributed by atoms with van der Waals surface area (Å²) < 4.78 is 5.51. The molecule has 0 aliphatic carbocycles. The van der Waals surface area contributed by atoms with Gasteiger partial charge in [-0.3, -0.25) is 4.99 Å². The summed E-state index contributed by atoms with van der Waals surface area (Å²) >= 11 is 0. The smallest absolute Gasteiger partial charge is 0.192 e. The highest BCUT2D eigenvalue weighted by Crippen LogP contribution is 2.16. The number of ether oxygens (including phenoxy) is 1. The maximum absolute atomic E-state index is 5.53. The van der Waals surface area contributed by atoms with Crippen LogP contribution in [-0.4, -0.2) is 19.1 Å². The molecule has 90 valence electrons. The van der Waals surface area contributed by atoms with Gasteiger partial charge in [0.2, 0.25) is 0 Å². The molecule has 0 atom stereocenters. The van der Waals surface area contributed by atoms with Crippen molar-refractivity contribution in [3.63, 3.8) is 0 Å². The molecule has 3 N–H and O–H groups in total. The lowest BCUT2D eigenvalue weighted by Crippen LogP contribution is -2.21. The van der Waals surface area contributed by atoms with Crippen molar-refractivity contribution < 1.29 is 4.74 Å². The van der Waals surface area contributed by atoms with Gasteiger partial charge < -0.3 is 15.8 Å². The van der Waals surface area contributed by atoms with E-state index in [0.29, 0.717) is 5.96 Å². The van der Waals surface area contributed by atoms with Crippen LogP contribution in [0, 0.1) is 0 Å². The van der Waals surface area contributed by atoms with Crippen LogP contribution in [-0.2, 0) is 0 Å². The summed E-state index contributed by atoms with van der Waals surface area (Å²) in [6.07, 6.45) is 0.186. The van der Waals surface area contributed by atoms with Crippen LogP contribution in [0.1, 0.15) is 13.8 Å². The number of hydrogen-bond donors (Lipinski definition) is 2. The predicted octanol–water partition coefficient (Wildman–Crippen LogP) is 2.45. The quantitative estimate of drug-likeness (QED) is 0.507. The summed E-state index contributed by atoms with van der Waals surface area (Å²) in [5, 5.41) is 2.94. The van der Waals surface area contributed by atoms with Crippen molar-refractivity contribution in [2.24, 2.45) is 10.7 Å². The number of hydrogen-bond acceptors (Lipinski definition) is 2. The zero-order chi connectivity index (χ0) is 11.3. The fraction of sp³-hybridized carbons (Fsp3) is 0.364. The van der Waals surface area contributed by atoms with E-state index in [1.54, 1.807) is 7.05 Å². The number of anilines is 1. The number of aliphatic imine (C=N–C) groups is 1. The van der Waals surface area contributed by atoms with Crippen LogP contribution in [0.3, 0.4) is 0 Å². The molecule has 0 aromatic heterocycles. The third-order valence-corrected chi connectivity index (χ3v) is 1.74. The van der Waals surface area contributed by atoms with Gasteiger partial charge >= 0.3 is 0 Å². The Labute approximate surface area is 113 Å². The number of benzene rings is 1. The van der Waals surface area contributed by atoms with Crippen LogP contribution >= 0.6 is 24.0 Å². The van der Waals surface area contributed by atoms with Gasteiger partial charge in [-0.15, -0.1) is 24.0 Å². The maximum atomic E-state index is 5.53. The van der Waals surface area contributed by atoms with Gasteiger partial charge in [0.15, 0.2) is 5.96 Å². The minimum Gasteiger partial charge on any atom is -0.491 e. The van der Waals surface area contributed by atoms with Crippen molar-refractivity contribution >= 4 is 35.6 Å². The zero-order valence-electron chi connectivity index (χ0n) is 9.73. The summed E-state index contributed by atoms with van der Waals surface area (Å²) in [4.78, 5) is 3.81. The fourth-order valence-electron chi connectivity index (χ4n) is 1.09. The third kappa shape index (κ3) is 5.20. The van der Waals surface area contributed by atoms with Crippen molar-refractivity contribution in [2.75, 3.05) is 12.4 Å². The molecule has 4 nitrogen and oxygen atoms in total. The molecule has 0 amide bonds. The molecule has 1 aromatic carbocycles. The summed E-state index contributed by atoms with van der Waals surface area (Å²) in [5.74, 6) is 1.25. The molecule has 0 heterocycles. The minimum atomic E-state index is 0. The number of guanidine groups is 1. The molecule has 0 saturated carbocycles. The Balaban J connectivity index is 0.00000225. The lowest BCUT2D eigenvalue weighted by Gasteiger charge is -2.10. The molecule has 1 aromatic rings. The van der Waals surface area contributed by atoms with Gasteiger partial charge in [0.25, 0.3) is 0 Å². The van der Waals surface area contributed by atoms with Crippen molar-refractivity contribution in [2.45, 2.75) is 20.0 Å². The molecule has 0 radical (unpaired) electrons. The Kier molecular flexibility index (Phi) is 6.87. The largest absolute Gasteiger partial charge is 0.491 e. The van der Waals surface area contributed by atoms with E-state index in [9.17, 15) is 0 Å². The number of nitrogens with one attached hydrogen (secondary N) is 1. The van der Waals surface area contributed by atoms with E-state index >= 15 is 0 Å². The normalized spacial score (nSPS) is 10.9. The average Bonchev–Trinajstić information content (AvgIpc) is 2.20. The van der Waals surface area contributed by atoms with Crippen LogP contribution in [0.4, 0.5) is 5.69 Å². The summed E-state index contributed by atoms with van der Waals surface area (Å²) in [6, 6.07) is 7.59. The van der Waals surface area contributed by atoms with E-state index in [4.69, 9.17) is 10.5 Å². The Bertz CT molecular complexity index is 336. The standard InChI is InChI=1S/C11H17N3O.HI/c1-8(2)15-10-6-4-9(5-7-10)14-11(12)13-3;/h4-8H,1-3H3,(H3,12,13,14);1H. The molecule has 0 spiro atoms. The molecular formula is C11H18IN3O. The Morgan fingerprint density at radius 2 is 1.88 bits per heavy atom. The molecule has 0 aliphatic heterocycles. The third-order valence-electron chi connectivity index (χ3n) is 1.74. The molecule has 0 saturated heterocycles. The van der Waals surface area contributed by atoms with Crippen LogP contribution in [0.5, 0.6) is 5.75 Å². The van der Waals surface area contributed by atoms with E-state index in [0.717, 1.165) is 11.4 Å². The van der Waals surface area contributed by atoms with Crippen LogP contribution in [0.15, 0.2) is 29.3 Å². The van der Waals surface area contributed by atoms with Crippen molar-refractivity contribution in [1.29, 1.82) is 0 Å². The van der Waals surface area contributed by atoms with E-state index in [1.807, 2.05) is 38.1 Å². The summed E-state index contributed by atoms with van der Waals surface area (Å²) in [5.41, 5.74) is 6.43. The Morgan fingerprint density at radius 3 is 2.31 bits per heavy atom. The van der Waals surface area contributed by atoms with Crippen LogP contribution < -0.4 is 15.8 Å². The molecule has 0 bridgehead atoms. The van der Waals surface area contributed by atoms with Crippen molar-refractivity contribution in [3.05, 3.63) is 24.3 Å². The van der Waals surface area contributed by atoms with Gasteiger partial charge in [0, 0.05) is 12.7 Å². The first-order valence-electron chi connectivity index (χ1n) is 4.88. The van der Waals surface area contributed by atoms with E-state index in [2.05, 4.69) is 10.3 Å². The molecule has 0 aliphatic rings. The molecule has 16 heavy (non-hydrogen) atoms. The van der Waals surface area contributed by atoms with Gasteiger partial charge in [-0.1, -0.05) is 0 Å². The molecule has 0 unspecified atom stereocenters. The highest BCUT2D eigenvalue weighted by molar-refractivity contribution is 14.0. The first-order chi connectivity index (χ1) is 7.11. The lowest BCUT2D eigenvalue weighted by molar-refractivity contribution is 0.242. The Hall–Kier alpha value is -0.980. The van der Waals surface area contributed by atoms with Gasteiger partial charge in [-0.2, -0.15) is 0 Å². The number of halogens is 1. The molecule has 5 heteroatoms. The second-order valence-corrected chi connectivity index (χ2v) is 3.42. The topological polar surface area (TPSA) is 59.6 Å². The van der Waals surface area contributed by atoms with E-state index in [-0.39, 0.29) is 30.1 Å². The summed E-state index contributed by atoms with van der Waals surface area (Å²) in [6.45, 7) is 3.99. The summed E-state index contributed by atoms with van der Waals surface area (Å²) in [7, 11) is 1.64. The molecular weight excluding hydrogens is 317 g/mol. The highest BCUT2D eigenvalue weighted by Gasteiger charge is 1.98. The Morgan fingerprint density at radius 1 is 1.31 bits per heavy atom. The van der Waals surface area contributed by atoms with Crippen molar-refractivity contribution in [1.82, 2.24) is 0 Å². The average molecular weight is 335 g/mol. The first-order valence-corrected chi connectivity index (χ1v) is 4.88. The second kappa shape index (κ2) is 7.32. The van der Waals surface area contributed by atoms with Gasteiger partial charge in [0.05, 0.1) is 6.10 Å². The van der Waals surface area contributed by atoms with Gasteiger partial charge in [-0.05, 0) is 38.1 Å². The van der Waals surface area contributed by atoms with Crippen molar-refractivity contribution in [3.8, 4) is 5.75 Å². The maximum Gasteiger partial charge on any atom is 0.192 e. The second-order valence-electron chi connectivity index (χ2n) is 3.42. The lowest BCUT2D eigenvalue weighted by atomic mass is 10.3. The van der Waals surface area contributed by atoms with Crippen LogP contribution in [0.2, 0.25) is 0 Å². The minimum absolute atomic E-state index is 0. The van der Waals surface area contributed by atoms with Gasteiger partial charge in [-0.25, -0.2) is 0 Å². The van der Waals surface area contributed by atoms with Crippen LogP contribution in [0.25, 0.3) is 0 Å². The molecule has 0 fully saturated rings. The fourth-order valence-corrected chi connectivity index (χ4v) is 1.09. The first kappa shape index (κ1) is 15.0. The molecule has 1 rings (SSSR count). The number of nitrogens with two attached hydrogens (primary N) is 1. The highest BCUT2D eigenvalue weighted by atomic mass is 127. The predicted molar refractivity (Wildman–Crippen MR) is 78.8 cm³/mol.